The molecule has 0 radical (unpaired) electrons. The van der Waals surface area contributed by atoms with Crippen LogP contribution in [0, 0.1) is 5.41 Å². The Morgan fingerprint density at radius 3 is 1.59 bits per heavy atom. The number of aromatic hydroxyl groups is 1. The Morgan fingerprint density at radius 1 is 0.765 bits per heavy atom. The van der Waals surface area contributed by atoms with E-state index in [0.29, 0.717) is 17.1 Å². The maximum absolute atomic E-state index is 13.2. The maximum Gasteiger partial charge on any atom is 0.343 e. The average Bonchev–Trinajstić information content (AvgIpc) is 2.72. The van der Waals surface area contributed by atoms with Crippen molar-refractivity contribution in [2.24, 2.45) is 5.41 Å². The quantitative estimate of drug-likeness (QED) is 0.312. The third-order valence-electron chi connectivity index (χ3n) is 7.39. The van der Waals surface area contributed by atoms with Crippen LogP contribution < -0.4 is 4.74 Å². The molecule has 1 N–H and O–H groups in total. The smallest absolute Gasteiger partial charge is 0.343 e. The first-order valence-corrected chi connectivity index (χ1v) is 12.6. The van der Waals surface area contributed by atoms with Crippen LogP contribution in [0.1, 0.15) is 122 Å². The van der Waals surface area contributed by atoms with Gasteiger partial charge in [0.2, 0.25) is 0 Å². The first kappa shape index (κ1) is 28.0. The van der Waals surface area contributed by atoms with Crippen LogP contribution in [0.2, 0.25) is 0 Å². The molecule has 34 heavy (non-hydrogen) atoms. The fraction of sp³-hybridized carbons (Fsp3) is 0.581. The molecule has 0 aliphatic heterocycles. The van der Waals surface area contributed by atoms with E-state index in [1.54, 1.807) is 12.1 Å². The minimum absolute atomic E-state index is 0.0268. The van der Waals surface area contributed by atoms with Gasteiger partial charge in [-0.1, -0.05) is 88.3 Å². The predicted octanol–water partition coefficient (Wildman–Crippen LogP) is 8.70. The highest BCUT2D eigenvalue weighted by Crippen LogP contribution is 2.42. The summed E-state index contributed by atoms with van der Waals surface area (Å²) in [5, 5.41) is 11.2. The number of phenolic OH excluding ortho intramolecular Hbond substituents is 1. The van der Waals surface area contributed by atoms with Crippen molar-refractivity contribution in [2.75, 3.05) is 0 Å². The van der Waals surface area contributed by atoms with Crippen molar-refractivity contribution in [3.05, 3.63) is 58.7 Å². The van der Waals surface area contributed by atoms with Crippen LogP contribution in [-0.2, 0) is 16.2 Å². The molecule has 0 spiro atoms. The van der Waals surface area contributed by atoms with Gasteiger partial charge in [0.25, 0.3) is 0 Å². The fourth-order valence-electron chi connectivity index (χ4n) is 4.73. The van der Waals surface area contributed by atoms with E-state index in [4.69, 9.17) is 4.74 Å². The summed E-state index contributed by atoms with van der Waals surface area (Å²) in [7, 11) is 0. The van der Waals surface area contributed by atoms with Gasteiger partial charge in [0.1, 0.15) is 11.5 Å². The van der Waals surface area contributed by atoms with Crippen LogP contribution in [0.3, 0.4) is 0 Å². The number of rotatable bonds is 8. The van der Waals surface area contributed by atoms with E-state index in [9.17, 15) is 9.90 Å². The molecular formula is C31H46O3. The van der Waals surface area contributed by atoms with E-state index in [1.165, 1.54) is 5.56 Å². The lowest BCUT2D eigenvalue weighted by molar-refractivity contribution is 0.0734. The van der Waals surface area contributed by atoms with E-state index < -0.39 is 5.97 Å². The Kier molecular flexibility index (Phi) is 8.02. The van der Waals surface area contributed by atoms with Crippen LogP contribution in [-0.4, -0.2) is 11.1 Å². The Bertz CT molecular complexity index is 965. The Hall–Kier alpha value is -2.29. The standard InChI is InChI=1S/C31H46O3/c1-12-29(6,7)24-18-21(19-25(26(24)32)30(8,9)13-2)27(33)34-23-16-14-22(15-17-23)31(10,11)20-28(3,4)5/h14-19,32H,12-13,20H2,1-11H3. The zero-order valence-electron chi connectivity index (χ0n) is 23.3. The predicted molar refractivity (Wildman–Crippen MR) is 143 cm³/mol. The highest BCUT2D eigenvalue weighted by molar-refractivity contribution is 5.92. The lowest BCUT2D eigenvalue weighted by atomic mass is 9.72. The number of carbonyl (C=O) groups excluding carboxylic acids is 1. The van der Waals surface area contributed by atoms with Gasteiger partial charge in [0, 0.05) is 11.1 Å². The first-order valence-electron chi connectivity index (χ1n) is 12.6. The monoisotopic (exact) mass is 466 g/mol. The van der Waals surface area contributed by atoms with Crippen LogP contribution in [0.25, 0.3) is 0 Å². The third kappa shape index (κ3) is 6.43. The van der Waals surface area contributed by atoms with E-state index in [-0.39, 0.29) is 21.7 Å². The molecule has 2 rings (SSSR count). The molecule has 0 aliphatic rings. The SMILES string of the molecule is CCC(C)(C)c1cc(C(=O)Oc2ccc(C(C)(C)CC(C)(C)C)cc2)cc(C(C)(C)CC)c1O. The van der Waals surface area contributed by atoms with Gasteiger partial charge in [0.15, 0.2) is 0 Å². The number of hydrogen-bond acceptors (Lipinski definition) is 3. The van der Waals surface area contributed by atoms with Gasteiger partial charge in [-0.2, -0.15) is 0 Å². The molecule has 0 unspecified atom stereocenters. The lowest BCUT2D eigenvalue weighted by Gasteiger charge is -2.33. The molecule has 0 bridgehead atoms. The molecule has 0 saturated heterocycles. The number of esters is 1. The van der Waals surface area contributed by atoms with Crippen molar-refractivity contribution in [3.8, 4) is 11.5 Å². The molecule has 188 valence electrons. The molecular weight excluding hydrogens is 420 g/mol. The van der Waals surface area contributed by atoms with Gasteiger partial charge in [-0.25, -0.2) is 4.79 Å². The molecule has 2 aromatic carbocycles. The second kappa shape index (κ2) is 9.76. The van der Waals surface area contributed by atoms with Gasteiger partial charge in [-0.3, -0.25) is 0 Å². The summed E-state index contributed by atoms with van der Waals surface area (Å²) >= 11 is 0. The van der Waals surface area contributed by atoms with E-state index in [0.717, 1.165) is 30.4 Å². The van der Waals surface area contributed by atoms with Gasteiger partial charge in [-0.05, 0) is 70.8 Å². The van der Waals surface area contributed by atoms with Gasteiger partial charge in [-0.15, -0.1) is 0 Å². The van der Waals surface area contributed by atoms with Crippen LogP contribution in [0.4, 0.5) is 0 Å². The van der Waals surface area contributed by atoms with Crippen molar-refractivity contribution in [2.45, 2.75) is 112 Å². The molecule has 3 heteroatoms. The molecule has 0 saturated carbocycles. The molecule has 0 fully saturated rings. The number of phenols is 1. The van der Waals surface area contributed by atoms with Gasteiger partial charge in [0.05, 0.1) is 5.56 Å². The zero-order chi connectivity index (χ0) is 26.1. The summed E-state index contributed by atoms with van der Waals surface area (Å²) < 4.78 is 5.79. The van der Waals surface area contributed by atoms with Crippen molar-refractivity contribution in [1.29, 1.82) is 0 Å². The minimum Gasteiger partial charge on any atom is -0.507 e. The van der Waals surface area contributed by atoms with Crippen molar-refractivity contribution < 1.29 is 14.6 Å². The highest BCUT2D eigenvalue weighted by Gasteiger charge is 2.31. The number of hydrogen-bond donors (Lipinski definition) is 1. The largest absolute Gasteiger partial charge is 0.507 e. The summed E-state index contributed by atoms with van der Waals surface area (Å²) in [5.41, 5.74) is 3.01. The summed E-state index contributed by atoms with van der Waals surface area (Å²) in [6, 6.07) is 11.5. The van der Waals surface area contributed by atoms with Crippen LogP contribution in [0.5, 0.6) is 11.5 Å². The molecule has 0 atom stereocenters. The third-order valence-corrected chi connectivity index (χ3v) is 7.39. The normalized spacial score (nSPS) is 13.1. The number of carbonyl (C=O) groups is 1. The molecule has 0 heterocycles. The maximum atomic E-state index is 13.2. The molecule has 3 nitrogen and oxygen atoms in total. The van der Waals surface area contributed by atoms with E-state index in [1.807, 2.05) is 12.1 Å². The van der Waals surface area contributed by atoms with Crippen LogP contribution >= 0.6 is 0 Å². The second-order valence-electron chi connectivity index (χ2n) is 12.9. The van der Waals surface area contributed by atoms with E-state index in [2.05, 4.69) is 88.3 Å². The van der Waals surface area contributed by atoms with Crippen molar-refractivity contribution >= 4 is 5.97 Å². The Morgan fingerprint density at radius 2 is 1.21 bits per heavy atom. The molecule has 0 amide bonds. The fourth-order valence-corrected chi connectivity index (χ4v) is 4.73. The topological polar surface area (TPSA) is 46.5 Å². The summed E-state index contributed by atoms with van der Waals surface area (Å²) in [6.45, 7) is 23.8. The summed E-state index contributed by atoms with van der Waals surface area (Å²) in [4.78, 5) is 13.2. The van der Waals surface area contributed by atoms with Crippen LogP contribution in [0.15, 0.2) is 36.4 Å². The Labute approximate surface area is 207 Å². The number of ether oxygens (including phenoxy) is 1. The number of benzene rings is 2. The molecule has 2 aromatic rings. The van der Waals surface area contributed by atoms with E-state index >= 15 is 0 Å². The minimum atomic E-state index is -0.400. The van der Waals surface area contributed by atoms with Gasteiger partial charge < -0.3 is 9.84 Å². The summed E-state index contributed by atoms with van der Waals surface area (Å²) in [5.74, 6) is 0.421. The summed E-state index contributed by atoms with van der Waals surface area (Å²) in [6.07, 6.45) is 2.74. The van der Waals surface area contributed by atoms with Crippen molar-refractivity contribution in [1.82, 2.24) is 0 Å². The molecule has 0 aliphatic carbocycles. The first-order chi connectivity index (χ1) is 15.4. The zero-order valence-corrected chi connectivity index (χ0v) is 23.3. The second-order valence-corrected chi connectivity index (χ2v) is 12.9. The van der Waals surface area contributed by atoms with Gasteiger partial charge >= 0.3 is 5.97 Å². The lowest BCUT2D eigenvalue weighted by Crippen LogP contribution is -2.24. The Balaban J connectivity index is 2.41. The molecule has 0 aromatic heterocycles. The highest BCUT2D eigenvalue weighted by atomic mass is 16.5. The average molecular weight is 467 g/mol. The van der Waals surface area contributed by atoms with Crippen molar-refractivity contribution in [3.63, 3.8) is 0 Å².